The molecule has 0 aliphatic carbocycles. The van der Waals surface area contributed by atoms with Crippen LogP contribution in [-0.2, 0) is 0 Å². The van der Waals surface area contributed by atoms with E-state index in [0.29, 0.717) is 5.56 Å². The van der Waals surface area contributed by atoms with E-state index in [4.69, 9.17) is 10.2 Å². The van der Waals surface area contributed by atoms with Crippen LogP contribution in [0.5, 0.6) is 0 Å². The first-order valence-electron chi connectivity index (χ1n) is 6.67. The van der Waals surface area contributed by atoms with Crippen molar-refractivity contribution in [1.82, 2.24) is 4.98 Å². The molecule has 0 spiro atoms. The van der Waals surface area contributed by atoms with Gasteiger partial charge in [-0.25, -0.2) is 4.98 Å². The molecule has 5 heteroatoms. The van der Waals surface area contributed by atoms with Crippen molar-refractivity contribution >= 4 is 38.1 Å². The molecule has 3 rings (SSSR count). The molecule has 0 atom stereocenters. The molecule has 3 aromatic rings. The number of anilines is 2. The topological polar surface area (TPSA) is 48.7 Å². The Kier molecular flexibility index (Phi) is 4.23. The van der Waals surface area contributed by atoms with Crippen LogP contribution in [0.4, 0.5) is 10.8 Å². The Balaban J connectivity index is 1.89. The number of hydrogen-bond acceptors (Lipinski definition) is 4. The summed E-state index contributed by atoms with van der Waals surface area (Å²) in [7, 11) is 0. The van der Waals surface area contributed by atoms with Crippen LogP contribution >= 0.6 is 27.3 Å². The van der Waals surface area contributed by atoms with Gasteiger partial charge in [-0.1, -0.05) is 34.1 Å². The molecule has 0 amide bonds. The Morgan fingerprint density at radius 3 is 2.55 bits per heavy atom. The van der Waals surface area contributed by atoms with Gasteiger partial charge in [-0.3, -0.25) is 0 Å². The lowest BCUT2D eigenvalue weighted by atomic mass is 10.1. The van der Waals surface area contributed by atoms with Crippen LogP contribution in [0.1, 0.15) is 10.4 Å². The van der Waals surface area contributed by atoms with Crippen LogP contribution in [0.2, 0.25) is 0 Å². The van der Waals surface area contributed by atoms with Gasteiger partial charge in [-0.15, -0.1) is 11.3 Å². The van der Waals surface area contributed by atoms with Gasteiger partial charge in [0.25, 0.3) is 0 Å². The summed E-state index contributed by atoms with van der Waals surface area (Å²) in [6.07, 6.45) is 0. The largest absolute Gasteiger partial charge is 0.332 e. The maximum atomic E-state index is 8.82. The van der Waals surface area contributed by atoms with Crippen molar-refractivity contribution in [2.75, 3.05) is 5.32 Å². The standard InChI is InChI=1S/C17H12BrN3S/c1-11-16(14-4-2-3-5-15(14)18)21-17(22-11)20-13-8-6-12(10-19)7-9-13/h2-9H,1H3,(H,20,21). The summed E-state index contributed by atoms with van der Waals surface area (Å²) in [6.45, 7) is 2.07. The van der Waals surface area contributed by atoms with Crippen molar-refractivity contribution in [3.8, 4) is 17.3 Å². The Labute approximate surface area is 141 Å². The van der Waals surface area contributed by atoms with Crippen LogP contribution in [0.25, 0.3) is 11.3 Å². The van der Waals surface area contributed by atoms with Gasteiger partial charge in [0, 0.05) is 20.6 Å². The second-order valence-electron chi connectivity index (χ2n) is 4.72. The number of thiazole rings is 1. The first kappa shape index (κ1) is 14.8. The maximum absolute atomic E-state index is 8.82. The number of nitriles is 1. The number of hydrogen-bond donors (Lipinski definition) is 1. The number of rotatable bonds is 3. The van der Waals surface area contributed by atoms with E-state index in [-0.39, 0.29) is 0 Å². The Bertz CT molecular complexity index is 847. The second-order valence-corrected chi connectivity index (χ2v) is 6.78. The molecule has 0 saturated carbocycles. The molecule has 1 heterocycles. The van der Waals surface area contributed by atoms with Crippen molar-refractivity contribution in [1.29, 1.82) is 5.26 Å². The minimum atomic E-state index is 0.648. The SMILES string of the molecule is Cc1sc(Nc2ccc(C#N)cc2)nc1-c1ccccc1Br. The van der Waals surface area contributed by atoms with Crippen molar-refractivity contribution in [2.24, 2.45) is 0 Å². The quantitative estimate of drug-likeness (QED) is 0.663. The van der Waals surface area contributed by atoms with Gasteiger partial charge in [0.05, 0.1) is 17.3 Å². The highest BCUT2D eigenvalue weighted by Crippen LogP contribution is 2.35. The van der Waals surface area contributed by atoms with Crippen molar-refractivity contribution < 1.29 is 0 Å². The van der Waals surface area contributed by atoms with Gasteiger partial charge in [-0.05, 0) is 37.3 Å². The van der Waals surface area contributed by atoms with Gasteiger partial charge in [0.2, 0.25) is 0 Å². The van der Waals surface area contributed by atoms with E-state index in [0.717, 1.165) is 31.4 Å². The lowest BCUT2D eigenvalue weighted by molar-refractivity contribution is 1.35. The number of nitrogens with one attached hydrogen (secondary N) is 1. The molecule has 0 aliphatic heterocycles. The zero-order valence-electron chi connectivity index (χ0n) is 11.8. The molecule has 1 aromatic heterocycles. The third-order valence-electron chi connectivity index (χ3n) is 3.19. The summed E-state index contributed by atoms with van der Waals surface area (Å²) >= 11 is 5.19. The first-order chi connectivity index (χ1) is 10.7. The number of halogens is 1. The fourth-order valence-corrected chi connectivity index (χ4v) is 3.43. The highest BCUT2D eigenvalue weighted by atomic mass is 79.9. The Morgan fingerprint density at radius 1 is 1.14 bits per heavy atom. The van der Waals surface area contributed by atoms with Crippen LogP contribution < -0.4 is 5.32 Å². The Hall–Kier alpha value is -2.16. The van der Waals surface area contributed by atoms with E-state index in [1.54, 1.807) is 23.5 Å². The molecule has 108 valence electrons. The minimum Gasteiger partial charge on any atom is -0.332 e. The number of aryl methyl sites for hydroxylation is 1. The summed E-state index contributed by atoms with van der Waals surface area (Å²) in [4.78, 5) is 5.85. The average Bonchev–Trinajstić information content (AvgIpc) is 2.89. The molecule has 22 heavy (non-hydrogen) atoms. The smallest absolute Gasteiger partial charge is 0.187 e. The maximum Gasteiger partial charge on any atom is 0.187 e. The van der Waals surface area contributed by atoms with E-state index in [2.05, 4.69) is 40.3 Å². The molecule has 2 aromatic carbocycles. The molecule has 0 saturated heterocycles. The lowest BCUT2D eigenvalue weighted by Gasteiger charge is -2.02. The number of aromatic nitrogens is 1. The zero-order valence-corrected chi connectivity index (χ0v) is 14.2. The summed E-state index contributed by atoms with van der Waals surface area (Å²) in [5, 5.41) is 13.0. The third-order valence-corrected chi connectivity index (χ3v) is 4.77. The molecule has 3 nitrogen and oxygen atoms in total. The summed E-state index contributed by atoms with van der Waals surface area (Å²) in [5.41, 5.74) is 3.64. The molecule has 0 radical (unpaired) electrons. The predicted octanol–water partition coefficient (Wildman–Crippen LogP) is 5.50. The molecule has 0 fully saturated rings. The van der Waals surface area contributed by atoms with Crippen molar-refractivity contribution in [3.63, 3.8) is 0 Å². The van der Waals surface area contributed by atoms with Crippen LogP contribution in [0.3, 0.4) is 0 Å². The molecule has 0 unspecified atom stereocenters. The average molecular weight is 370 g/mol. The molecule has 1 N–H and O–H groups in total. The van der Waals surface area contributed by atoms with Crippen LogP contribution in [0.15, 0.2) is 53.0 Å². The van der Waals surface area contributed by atoms with Gasteiger partial charge in [0.1, 0.15) is 0 Å². The van der Waals surface area contributed by atoms with E-state index in [1.807, 2.05) is 30.3 Å². The highest BCUT2D eigenvalue weighted by Gasteiger charge is 2.12. The van der Waals surface area contributed by atoms with E-state index in [9.17, 15) is 0 Å². The van der Waals surface area contributed by atoms with Crippen LogP contribution in [0, 0.1) is 18.3 Å². The van der Waals surface area contributed by atoms with E-state index in [1.165, 1.54) is 0 Å². The summed E-state index contributed by atoms with van der Waals surface area (Å²) < 4.78 is 1.04. The van der Waals surface area contributed by atoms with Gasteiger partial charge < -0.3 is 5.32 Å². The van der Waals surface area contributed by atoms with Crippen LogP contribution in [-0.4, -0.2) is 4.98 Å². The first-order valence-corrected chi connectivity index (χ1v) is 8.28. The fourth-order valence-electron chi connectivity index (χ4n) is 2.10. The van der Waals surface area contributed by atoms with Crippen molar-refractivity contribution in [3.05, 3.63) is 63.4 Å². The van der Waals surface area contributed by atoms with Crippen molar-refractivity contribution in [2.45, 2.75) is 6.92 Å². The molecule has 0 aliphatic rings. The summed E-state index contributed by atoms with van der Waals surface area (Å²) in [6, 6.07) is 17.5. The molecule has 0 bridgehead atoms. The molecular formula is C17H12BrN3S. The van der Waals surface area contributed by atoms with Gasteiger partial charge in [0.15, 0.2) is 5.13 Å². The number of benzene rings is 2. The normalized spacial score (nSPS) is 10.2. The third kappa shape index (κ3) is 3.03. The lowest BCUT2D eigenvalue weighted by Crippen LogP contribution is -1.90. The van der Waals surface area contributed by atoms with E-state index >= 15 is 0 Å². The fraction of sp³-hybridized carbons (Fsp3) is 0.0588. The minimum absolute atomic E-state index is 0.648. The van der Waals surface area contributed by atoms with E-state index < -0.39 is 0 Å². The highest BCUT2D eigenvalue weighted by molar-refractivity contribution is 9.10. The van der Waals surface area contributed by atoms with Gasteiger partial charge >= 0.3 is 0 Å². The Morgan fingerprint density at radius 2 is 1.86 bits per heavy atom. The van der Waals surface area contributed by atoms with Gasteiger partial charge in [-0.2, -0.15) is 5.26 Å². The monoisotopic (exact) mass is 369 g/mol. The predicted molar refractivity (Wildman–Crippen MR) is 94.4 cm³/mol. The second kappa shape index (κ2) is 6.30. The number of nitrogens with zero attached hydrogens (tertiary/aromatic N) is 2. The zero-order chi connectivity index (χ0) is 15.5. The molecular weight excluding hydrogens is 358 g/mol. The summed E-state index contributed by atoms with van der Waals surface area (Å²) in [5.74, 6) is 0.